The van der Waals surface area contributed by atoms with Gasteiger partial charge in [0.2, 0.25) is 0 Å². The molecule has 0 radical (unpaired) electrons. The summed E-state index contributed by atoms with van der Waals surface area (Å²) in [7, 11) is 0. The van der Waals surface area contributed by atoms with Gasteiger partial charge in [-0.25, -0.2) is 0 Å². The maximum Gasteiger partial charge on any atom is -0.00141 e. The maximum absolute atomic E-state index is 2.42. The van der Waals surface area contributed by atoms with Gasteiger partial charge in [0.1, 0.15) is 0 Å². The summed E-state index contributed by atoms with van der Waals surface area (Å²) < 4.78 is 0. The minimum atomic E-state index is 1.33. The molecule has 0 saturated carbocycles. The lowest BCUT2D eigenvalue weighted by Gasteiger charge is -2.07. The molecule has 0 aliphatic heterocycles. The van der Waals surface area contributed by atoms with Crippen LogP contribution in [0.5, 0.6) is 0 Å². The summed E-state index contributed by atoms with van der Waals surface area (Å²) in [6.45, 7) is 0. The van der Waals surface area contributed by atoms with Crippen molar-refractivity contribution >= 4 is 75.4 Å². The minimum Gasteiger partial charge on any atom is -0.0616 e. The minimum absolute atomic E-state index is 1.33. The molecule has 8 aromatic carbocycles. The van der Waals surface area contributed by atoms with E-state index in [0.717, 1.165) is 0 Å². The summed E-state index contributed by atoms with van der Waals surface area (Å²) in [5, 5.41) is 19.2. The van der Waals surface area contributed by atoms with E-state index in [2.05, 4.69) is 97.1 Å². The third kappa shape index (κ3) is 1.58. The molecule has 30 heavy (non-hydrogen) atoms. The molecule has 0 nitrogen and oxygen atoms in total. The van der Waals surface area contributed by atoms with Gasteiger partial charge in [-0.2, -0.15) is 0 Å². The van der Waals surface area contributed by atoms with Crippen LogP contribution in [0.1, 0.15) is 0 Å². The highest BCUT2D eigenvalue weighted by Gasteiger charge is 2.18. The lowest BCUT2D eigenvalue weighted by molar-refractivity contribution is 1.85. The van der Waals surface area contributed by atoms with Crippen molar-refractivity contribution in [3.63, 3.8) is 0 Å². The molecular formula is C30H16. The second-order valence-corrected chi connectivity index (χ2v) is 8.49. The van der Waals surface area contributed by atoms with Gasteiger partial charge in [0.25, 0.3) is 0 Å². The number of fused-ring (bicyclic) bond motifs is 9. The van der Waals surface area contributed by atoms with Crippen LogP contribution in [-0.2, 0) is 0 Å². The van der Waals surface area contributed by atoms with E-state index >= 15 is 0 Å². The quantitative estimate of drug-likeness (QED) is 0.232. The van der Waals surface area contributed by atoms with E-state index in [1.54, 1.807) is 0 Å². The van der Waals surface area contributed by atoms with E-state index in [9.17, 15) is 0 Å². The normalized spacial score (nSPS) is 12.7. The molecule has 0 saturated heterocycles. The fraction of sp³-hybridized carbons (Fsp3) is 0. The molecule has 0 aliphatic carbocycles. The van der Waals surface area contributed by atoms with Gasteiger partial charge in [-0.05, 0) is 81.5 Å². The van der Waals surface area contributed by atoms with Crippen LogP contribution < -0.4 is 0 Å². The van der Waals surface area contributed by atoms with Crippen LogP contribution in [-0.4, -0.2) is 0 Å². The second-order valence-electron chi connectivity index (χ2n) is 8.49. The molecule has 8 rings (SSSR count). The van der Waals surface area contributed by atoms with E-state index in [-0.39, 0.29) is 0 Å². The molecule has 0 heterocycles. The van der Waals surface area contributed by atoms with Gasteiger partial charge >= 0.3 is 0 Å². The highest BCUT2D eigenvalue weighted by molar-refractivity contribution is 6.42. The fourth-order valence-electron chi connectivity index (χ4n) is 5.98. The summed E-state index contributed by atoms with van der Waals surface area (Å²) in [5.41, 5.74) is 0. The molecule has 0 amide bonds. The number of rotatable bonds is 0. The molecule has 0 unspecified atom stereocenters. The maximum atomic E-state index is 2.42. The Balaban J connectivity index is 1.76. The molecule has 0 spiro atoms. The Kier molecular flexibility index (Phi) is 2.49. The molecule has 136 valence electrons. The highest BCUT2D eigenvalue weighted by Crippen LogP contribution is 2.47. The van der Waals surface area contributed by atoms with Gasteiger partial charge in [-0.3, -0.25) is 0 Å². The predicted octanol–water partition coefficient (Wildman–Crippen LogP) is 8.63. The Bertz CT molecular complexity index is 1930. The first-order valence-electron chi connectivity index (χ1n) is 10.5. The first kappa shape index (κ1) is 15.0. The van der Waals surface area contributed by atoms with Gasteiger partial charge in [-0.1, -0.05) is 91.0 Å². The smallest absolute Gasteiger partial charge is 0.00141 e. The standard InChI is InChI=1S/C30H16/c1-2-10-21-19(9-1)20-11-5-8-18-16-26-24(30(21)28(18)20)15-14-23-22-12-3-6-17-7-4-13-25(27(17)22)29(23)26/h1-16H. The largest absolute Gasteiger partial charge is 0.0616 e. The molecule has 0 atom stereocenters. The lowest BCUT2D eigenvalue weighted by atomic mass is 9.95. The first-order valence-corrected chi connectivity index (χ1v) is 10.5. The Morgan fingerprint density at radius 3 is 1.60 bits per heavy atom. The topological polar surface area (TPSA) is 0 Å². The zero-order chi connectivity index (χ0) is 19.4. The summed E-state index contributed by atoms with van der Waals surface area (Å²) in [5.74, 6) is 0. The number of benzene rings is 6. The van der Waals surface area contributed by atoms with Crippen LogP contribution in [0.3, 0.4) is 0 Å². The van der Waals surface area contributed by atoms with Crippen molar-refractivity contribution in [3.05, 3.63) is 97.1 Å². The van der Waals surface area contributed by atoms with E-state index in [4.69, 9.17) is 0 Å². The van der Waals surface area contributed by atoms with Crippen LogP contribution in [0.15, 0.2) is 97.1 Å². The zero-order valence-electron chi connectivity index (χ0n) is 16.2. The molecule has 0 bridgehead atoms. The van der Waals surface area contributed by atoms with Crippen LogP contribution in [0.25, 0.3) is 75.4 Å². The SMILES string of the molecule is c1ccc2c(c1)c1cccc3cc4c(ccc5c6cccc7cccc(c76)c54)c2c31. The zero-order valence-corrected chi connectivity index (χ0v) is 16.2. The van der Waals surface area contributed by atoms with Crippen LogP contribution in [0.2, 0.25) is 0 Å². The van der Waals surface area contributed by atoms with Crippen molar-refractivity contribution in [2.75, 3.05) is 0 Å². The van der Waals surface area contributed by atoms with E-state index in [1.165, 1.54) is 75.4 Å². The Morgan fingerprint density at radius 1 is 0.267 bits per heavy atom. The third-order valence-electron chi connectivity index (χ3n) is 7.11. The van der Waals surface area contributed by atoms with Crippen molar-refractivity contribution < 1.29 is 0 Å². The summed E-state index contributed by atoms with van der Waals surface area (Å²) in [6.07, 6.45) is 0. The van der Waals surface area contributed by atoms with Crippen molar-refractivity contribution in [1.82, 2.24) is 0 Å². The van der Waals surface area contributed by atoms with Crippen molar-refractivity contribution in [3.8, 4) is 0 Å². The van der Waals surface area contributed by atoms with Crippen molar-refractivity contribution in [1.29, 1.82) is 0 Å². The van der Waals surface area contributed by atoms with Crippen molar-refractivity contribution in [2.24, 2.45) is 0 Å². The monoisotopic (exact) mass is 376 g/mol. The molecule has 0 aliphatic rings. The summed E-state index contributed by atoms with van der Waals surface area (Å²) in [6, 6.07) is 36.2. The van der Waals surface area contributed by atoms with E-state index < -0.39 is 0 Å². The average molecular weight is 376 g/mol. The first-order chi connectivity index (χ1) is 14.9. The predicted molar refractivity (Wildman–Crippen MR) is 131 cm³/mol. The highest BCUT2D eigenvalue weighted by atomic mass is 14.2. The van der Waals surface area contributed by atoms with Crippen LogP contribution in [0, 0.1) is 0 Å². The van der Waals surface area contributed by atoms with E-state index in [0.29, 0.717) is 0 Å². The molecule has 0 aromatic heterocycles. The fourth-order valence-corrected chi connectivity index (χ4v) is 5.98. The van der Waals surface area contributed by atoms with Crippen molar-refractivity contribution in [2.45, 2.75) is 0 Å². The average Bonchev–Trinajstić information content (AvgIpc) is 3.31. The Labute approximate surface area is 172 Å². The molecule has 0 N–H and O–H groups in total. The Morgan fingerprint density at radius 2 is 0.800 bits per heavy atom. The Hall–Kier alpha value is -3.90. The molecule has 8 aromatic rings. The third-order valence-corrected chi connectivity index (χ3v) is 7.11. The summed E-state index contributed by atoms with van der Waals surface area (Å²) in [4.78, 5) is 0. The number of hydrogen-bond donors (Lipinski definition) is 0. The van der Waals surface area contributed by atoms with Gasteiger partial charge in [0, 0.05) is 0 Å². The van der Waals surface area contributed by atoms with Crippen LogP contribution in [0.4, 0.5) is 0 Å². The van der Waals surface area contributed by atoms with Gasteiger partial charge in [-0.15, -0.1) is 0 Å². The van der Waals surface area contributed by atoms with Gasteiger partial charge in [0.15, 0.2) is 0 Å². The number of hydrogen-bond acceptors (Lipinski definition) is 0. The van der Waals surface area contributed by atoms with Gasteiger partial charge in [0.05, 0.1) is 0 Å². The molecule has 0 heteroatoms. The lowest BCUT2D eigenvalue weighted by Crippen LogP contribution is -1.79. The summed E-state index contributed by atoms with van der Waals surface area (Å²) >= 11 is 0. The van der Waals surface area contributed by atoms with E-state index in [1.807, 2.05) is 0 Å². The van der Waals surface area contributed by atoms with Crippen LogP contribution >= 0.6 is 0 Å². The van der Waals surface area contributed by atoms with Gasteiger partial charge < -0.3 is 0 Å². The molecule has 0 fully saturated rings. The second kappa shape index (κ2) is 4.98. The molecular weight excluding hydrogens is 360 g/mol.